The SMILES string of the molecule is Cc1n[nH]c(C)c1S(=O)(=O)N(C)c1ccc(N(C)S(C)(=O)=O)cc1. The van der Waals surface area contributed by atoms with Crippen molar-refractivity contribution in [2.75, 3.05) is 29.0 Å². The van der Waals surface area contributed by atoms with Gasteiger partial charge in [-0.1, -0.05) is 0 Å². The Hall–Kier alpha value is -2.07. The first-order chi connectivity index (χ1) is 11.0. The molecule has 0 fully saturated rings. The molecule has 1 N–H and O–H groups in total. The van der Waals surface area contributed by atoms with Crippen LogP contribution >= 0.6 is 0 Å². The Morgan fingerprint density at radius 2 is 1.38 bits per heavy atom. The van der Waals surface area contributed by atoms with E-state index in [0.29, 0.717) is 22.8 Å². The van der Waals surface area contributed by atoms with Gasteiger partial charge in [-0.05, 0) is 38.1 Å². The zero-order valence-corrected chi connectivity index (χ0v) is 15.7. The van der Waals surface area contributed by atoms with Gasteiger partial charge in [-0.2, -0.15) is 5.10 Å². The summed E-state index contributed by atoms with van der Waals surface area (Å²) in [7, 11) is -4.26. The van der Waals surface area contributed by atoms with E-state index in [4.69, 9.17) is 0 Å². The molecule has 0 amide bonds. The molecule has 0 saturated heterocycles. The van der Waals surface area contributed by atoms with E-state index >= 15 is 0 Å². The van der Waals surface area contributed by atoms with Crippen LogP contribution in [0.4, 0.5) is 11.4 Å². The largest absolute Gasteiger partial charge is 0.281 e. The first kappa shape index (κ1) is 18.3. The molecule has 1 aromatic carbocycles. The van der Waals surface area contributed by atoms with Crippen LogP contribution in [0.3, 0.4) is 0 Å². The average Bonchev–Trinajstić information content (AvgIpc) is 2.84. The molecule has 0 atom stereocenters. The number of anilines is 2. The van der Waals surface area contributed by atoms with Crippen LogP contribution in [0.15, 0.2) is 29.2 Å². The number of sulfonamides is 2. The van der Waals surface area contributed by atoms with E-state index in [0.717, 1.165) is 14.9 Å². The average molecular weight is 372 g/mol. The van der Waals surface area contributed by atoms with E-state index in [1.54, 1.807) is 38.1 Å². The van der Waals surface area contributed by atoms with Crippen molar-refractivity contribution >= 4 is 31.4 Å². The number of aromatic nitrogens is 2. The molecule has 1 heterocycles. The zero-order chi connectivity index (χ0) is 18.3. The number of nitrogens with zero attached hydrogens (tertiary/aromatic N) is 3. The number of hydrogen-bond donors (Lipinski definition) is 1. The van der Waals surface area contributed by atoms with Crippen molar-refractivity contribution in [2.45, 2.75) is 18.7 Å². The maximum atomic E-state index is 12.8. The Labute approximate surface area is 142 Å². The van der Waals surface area contributed by atoms with Crippen LogP contribution < -0.4 is 8.61 Å². The minimum atomic E-state index is -3.76. The third-order valence-electron chi connectivity index (χ3n) is 3.75. The third-order valence-corrected chi connectivity index (χ3v) is 7.01. The molecule has 0 aliphatic heterocycles. The Morgan fingerprint density at radius 3 is 1.75 bits per heavy atom. The molecule has 24 heavy (non-hydrogen) atoms. The van der Waals surface area contributed by atoms with Crippen LogP contribution in [0.1, 0.15) is 11.4 Å². The number of H-pyrrole nitrogens is 1. The van der Waals surface area contributed by atoms with Gasteiger partial charge in [-0.3, -0.25) is 13.7 Å². The molecule has 0 unspecified atom stereocenters. The van der Waals surface area contributed by atoms with Crippen LogP contribution in [-0.4, -0.2) is 47.4 Å². The number of aromatic amines is 1. The van der Waals surface area contributed by atoms with Crippen molar-refractivity contribution in [3.8, 4) is 0 Å². The lowest BCUT2D eigenvalue weighted by Gasteiger charge is -2.21. The lowest BCUT2D eigenvalue weighted by atomic mass is 10.3. The molecular weight excluding hydrogens is 352 g/mol. The van der Waals surface area contributed by atoms with E-state index in [2.05, 4.69) is 10.2 Å². The molecule has 0 saturated carbocycles. The number of nitrogens with one attached hydrogen (secondary N) is 1. The van der Waals surface area contributed by atoms with Gasteiger partial charge in [0.2, 0.25) is 10.0 Å². The van der Waals surface area contributed by atoms with Gasteiger partial charge >= 0.3 is 0 Å². The van der Waals surface area contributed by atoms with Gasteiger partial charge in [0.25, 0.3) is 10.0 Å². The van der Waals surface area contributed by atoms with E-state index in [9.17, 15) is 16.8 Å². The smallest absolute Gasteiger partial charge is 0.267 e. The fraction of sp³-hybridized carbons (Fsp3) is 0.357. The standard InChI is InChI=1S/C14H20N4O4S2/c1-10-14(11(2)16-15-10)24(21,22)18(4)13-8-6-12(7-9-13)17(3)23(5,19)20/h6-9H,1-5H3,(H,15,16). The van der Waals surface area contributed by atoms with Gasteiger partial charge < -0.3 is 0 Å². The van der Waals surface area contributed by atoms with Gasteiger partial charge in [0.05, 0.1) is 29.0 Å². The van der Waals surface area contributed by atoms with Crippen molar-refractivity contribution in [2.24, 2.45) is 0 Å². The van der Waals surface area contributed by atoms with Crippen molar-refractivity contribution < 1.29 is 16.8 Å². The Bertz CT molecular complexity index is 928. The number of benzene rings is 1. The van der Waals surface area contributed by atoms with E-state index < -0.39 is 20.0 Å². The van der Waals surface area contributed by atoms with Crippen molar-refractivity contribution in [3.63, 3.8) is 0 Å². The third kappa shape index (κ3) is 3.24. The predicted octanol–water partition coefficient (Wildman–Crippen LogP) is 1.25. The van der Waals surface area contributed by atoms with E-state index in [-0.39, 0.29) is 4.90 Å². The summed E-state index contributed by atoms with van der Waals surface area (Å²) in [6.07, 6.45) is 1.10. The normalized spacial score (nSPS) is 12.2. The maximum absolute atomic E-state index is 12.8. The van der Waals surface area contributed by atoms with Crippen LogP contribution in [-0.2, 0) is 20.0 Å². The Morgan fingerprint density at radius 1 is 0.917 bits per heavy atom. The molecule has 0 bridgehead atoms. The molecule has 0 radical (unpaired) electrons. The highest BCUT2D eigenvalue weighted by Crippen LogP contribution is 2.27. The Kier molecular flexibility index (Phi) is 4.64. The van der Waals surface area contributed by atoms with Crippen LogP contribution in [0.5, 0.6) is 0 Å². The first-order valence-electron chi connectivity index (χ1n) is 7.00. The summed E-state index contributed by atoms with van der Waals surface area (Å²) in [6, 6.07) is 6.22. The highest BCUT2D eigenvalue weighted by atomic mass is 32.2. The summed E-state index contributed by atoms with van der Waals surface area (Å²) in [5.74, 6) is 0. The number of rotatable bonds is 5. The highest BCUT2D eigenvalue weighted by molar-refractivity contribution is 7.93. The molecule has 10 heteroatoms. The molecule has 0 aliphatic rings. The van der Waals surface area contributed by atoms with Gasteiger partial charge in [-0.25, -0.2) is 16.8 Å². The second-order valence-corrected chi connectivity index (χ2v) is 9.40. The van der Waals surface area contributed by atoms with Gasteiger partial charge in [-0.15, -0.1) is 0 Å². The minimum Gasteiger partial charge on any atom is -0.281 e. The quantitative estimate of drug-likeness (QED) is 0.851. The lowest BCUT2D eigenvalue weighted by molar-refractivity contribution is 0.592. The molecule has 0 aliphatic carbocycles. The molecule has 2 aromatic rings. The summed E-state index contributed by atoms with van der Waals surface area (Å²) in [6.45, 7) is 3.26. The van der Waals surface area contributed by atoms with Gasteiger partial charge in [0.1, 0.15) is 4.90 Å². The molecule has 8 nitrogen and oxygen atoms in total. The minimum absolute atomic E-state index is 0.141. The van der Waals surface area contributed by atoms with Gasteiger partial charge in [0, 0.05) is 14.1 Å². The Balaban J connectivity index is 2.39. The summed E-state index contributed by atoms with van der Waals surface area (Å²) >= 11 is 0. The van der Waals surface area contributed by atoms with Crippen LogP contribution in [0.2, 0.25) is 0 Å². The first-order valence-corrected chi connectivity index (χ1v) is 10.3. The molecular formula is C14H20N4O4S2. The molecule has 0 spiro atoms. The predicted molar refractivity (Wildman–Crippen MR) is 93.3 cm³/mol. The fourth-order valence-electron chi connectivity index (χ4n) is 2.26. The highest BCUT2D eigenvalue weighted by Gasteiger charge is 2.27. The number of aryl methyl sites for hydroxylation is 2. The van der Waals surface area contributed by atoms with E-state index in [1.165, 1.54) is 14.1 Å². The second kappa shape index (κ2) is 6.10. The topological polar surface area (TPSA) is 103 Å². The second-order valence-electron chi connectivity index (χ2n) is 5.48. The molecule has 2 rings (SSSR count). The summed E-state index contributed by atoms with van der Waals surface area (Å²) < 4.78 is 50.9. The number of hydrogen-bond acceptors (Lipinski definition) is 5. The van der Waals surface area contributed by atoms with Gasteiger partial charge in [0.15, 0.2) is 0 Å². The lowest BCUT2D eigenvalue weighted by Crippen LogP contribution is -2.28. The molecule has 132 valence electrons. The van der Waals surface area contributed by atoms with E-state index in [1.807, 2.05) is 0 Å². The van der Waals surface area contributed by atoms with Crippen LogP contribution in [0, 0.1) is 13.8 Å². The van der Waals surface area contributed by atoms with Crippen molar-refractivity contribution in [1.82, 2.24) is 10.2 Å². The zero-order valence-electron chi connectivity index (χ0n) is 14.1. The molecule has 1 aromatic heterocycles. The maximum Gasteiger partial charge on any atom is 0.267 e. The van der Waals surface area contributed by atoms with Crippen molar-refractivity contribution in [3.05, 3.63) is 35.7 Å². The summed E-state index contributed by atoms with van der Waals surface area (Å²) in [4.78, 5) is 0.141. The fourth-order valence-corrected chi connectivity index (χ4v) is 4.29. The van der Waals surface area contributed by atoms with Crippen LogP contribution in [0.25, 0.3) is 0 Å². The van der Waals surface area contributed by atoms with Crippen molar-refractivity contribution in [1.29, 1.82) is 0 Å². The monoisotopic (exact) mass is 372 g/mol. The summed E-state index contributed by atoms with van der Waals surface area (Å²) in [5.41, 5.74) is 1.73. The summed E-state index contributed by atoms with van der Waals surface area (Å²) in [5, 5.41) is 6.58.